The third kappa shape index (κ3) is 70.3. The summed E-state index contributed by atoms with van der Waals surface area (Å²) in [6.45, 7) is 2.26. The van der Waals surface area contributed by atoms with Crippen molar-refractivity contribution < 1.29 is 75.8 Å². The largest absolute Gasteiger partial charge is 0.472 e. The lowest BCUT2D eigenvalue weighted by Gasteiger charge is -2.21. The fourth-order valence-corrected chi connectivity index (χ4v) is 10.4. The molecule has 0 fully saturated rings. The van der Waals surface area contributed by atoms with E-state index in [1.807, 2.05) is 12.2 Å². The van der Waals surface area contributed by atoms with Crippen LogP contribution in [0.3, 0.4) is 0 Å². The molecule has 0 amide bonds. The molecule has 18 heteroatoms. The van der Waals surface area contributed by atoms with Gasteiger partial charge in [0, 0.05) is 19.3 Å². The molecule has 0 aliphatic carbocycles. The minimum atomic E-state index is -4.94. The average molecular weight is 1370 g/mol. The second-order valence-electron chi connectivity index (χ2n) is 23.3. The van der Waals surface area contributed by atoms with Crippen LogP contribution in [0.1, 0.15) is 252 Å². The van der Waals surface area contributed by atoms with Crippen molar-refractivity contribution in [2.75, 3.05) is 39.6 Å². The number of hydrogen-bond acceptors (Lipinski definition) is 14. The van der Waals surface area contributed by atoms with Crippen molar-refractivity contribution in [2.45, 2.75) is 270 Å². The summed E-state index contributed by atoms with van der Waals surface area (Å²) >= 11 is 0. The van der Waals surface area contributed by atoms with Gasteiger partial charge in [-0.2, -0.15) is 0 Å². The lowest BCUT2D eigenvalue weighted by atomic mass is 10.1. The average Bonchev–Trinajstić information content (AvgIpc) is 3.76. The van der Waals surface area contributed by atoms with Crippen LogP contribution in [0.15, 0.2) is 158 Å². The first-order valence-corrected chi connectivity index (χ1v) is 38.8. The standard InChI is InChI=1S/C77H126O16P2/c1-4-7-10-13-16-19-22-25-27-29-30-31-32-33-34-35-36-37-38-39-40-42-44-46-48-51-54-57-60-63-75(80)87-66-72(78)67-89-94(83,84)90-68-73(79)69-91-95(85,86)92-71-74(93-77(82)65-62-59-56-53-50-45-24-21-18-15-12-9-6-3)70-88-76(81)64-61-58-55-52-49-47-43-41-28-26-23-20-17-14-11-8-5-2/h7-8,10-12,15-17,19-21,24-28,30-31,33-34,36-37,43,47,52,55,72-74,78-79H,4-6,9,13-14,18,22-23,29,32,35,38-42,44-46,48-51,53-54,56-71H2,1-3H3,(H,83,84)(H,85,86)/b10-7-,11-8-,15-12-,19-16-,20-17-,24-21-,27-25-,28-26-,31-30-,34-33-,37-36-,47-43-,55-52-. The number of ether oxygens (including phenoxy) is 3. The number of carbonyl (C=O) groups is 3. The summed E-state index contributed by atoms with van der Waals surface area (Å²) in [5.41, 5.74) is 0. The molecule has 0 bridgehead atoms. The Morgan fingerprint density at radius 1 is 0.305 bits per heavy atom. The van der Waals surface area contributed by atoms with Crippen molar-refractivity contribution in [3.05, 3.63) is 158 Å². The van der Waals surface area contributed by atoms with E-state index in [4.69, 9.17) is 32.3 Å². The number of hydrogen-bond donors (Lipinski definition) is 4. The number of rotatable bonds is 66. The zero-order chi connectivity index (χ0) is 69.5. The molecule has 16 nitrogen and oxygen atoms in total. The molecule has 0 heterocycles. The van der Waals surface area contributed by atoms with Crippen LogP contribution in [0.2, 0.25) is 0 Å². The number of aliphatic hydroxyl groups excluding tert-OH is 2. The van der Waals surface area contributed by atoms with E-state index in [2.05, 4.69) is 167 Å². The zero-order valence-electron chi connectivity index (χ0n) is 58.5. The van der Waals surface area contributed by atoms with E-state index in [0.29, 0.717) is 25.7 Å². The normalized spacial score (nSPS) is 15.1. The summed E-state index contributed by atoms with van der Waals surface area (Å²) in [7, 11) is -9.81. The summed E-state index contributed by atoms with van der Waals surface area (Å²) in [5, 5.41) is 20.6. The van der Waals surface area contributed by atoms with Gasteiger partial charge in [0.05, 0.1) is 26.4 Å². The molecule has 0 aromatic carbocycles. The molecule has 5 atom stereocenters. The van der Waals surface area contributed by atoms with Crippen molar-refractivity contribution in [2.24, 2.45) is 0 Å². The minimum Gasteiger partial charge on any atom is -0.463 e. The second kappa shape index (κ2) is 69.1. The first-order valence-electron chi connectivity index (χ1n) is 35.8. The van der Waals surface area contributed by atoms with Crippen molar-refractivity contribution in [3.8, 4) is 0 Å². The molecular weight excluding hydrogens is 1240 g/mol. The van der Waals surface area contributed by atoms with Gasteiger partial charge in [-0.1, -0.05) is 256 Å². The van der Waals surface area contributed by atoms with Gasteiger partial charge in [-0.3, -0.25) is 32.5 Å². The predicted molar refractivity (Wildman–Crippen MR) is 389 cm³/mol. The van der Waals surface area contributed by atoms with Crippen LogP contribution in [0, 0.1) is 0 Å². The number of carbonyl (C=O) groups excluding carboxylic acids is 3. The van der Waals surface area contributed by atoms with Gasteiger partial charge in [0.25, 0.3) is 0 Å². The number of esters is 3. The highest BCUT2D eigenvalue weighted by molar-refractivity contribution is 7.47. The molecule has 0 saturated carbocycles. The number of phosphoric ester groups is 2. The molecule has 0 rings (SSSR count). The first kappa shape index (κ1) is 90.2. The lowest BCUT2D eigenvalue weighted by Crippen LogP contribution is -2.30. The molecule has 0 aromatic heterocycles. The molecule has 540 valence electrons. The molecule has 0 spiro atoms. The predicted octanol–water partition coefficient (Wildman–Crippen LogP) is 20.3. The minimum absolute atomic E-state index is 0.0713. The van der Waals surface area contributed by atoms with E-state index < -0.39 is 91.5 Å². The molecule has 4 N–H and O–H groups in total. The molecule has 0 aliphatic rings. The van der Waals surface area contributed by atoms with Crippen LogP contribution in [0.5, 0.6) is 0 Å². The smallest absolute Gasteiger partial charge is 0.463 e. The molecule has 0 aromatic rings. The Hall–Kier alpha value is -4.83. The van der Waals surface area contributed by atoms with Gasteiger partial charge >= 0.3 is 33.6 Å². The first-order chi connectivity index (χ1) is 46.2. The quantitative estimate of drug-likeness (QED) is 0.0146. The van der Waals surface area contributed by atoms with Gasteiger partial charge in [-0.15, -0.1) is 0 Å². The number of aliphatic hydroxyl groups is 2. The lowest BCUT2D eigenvalue weighted by molar-refractivity contribution is -0.161. The Labute approximate surface area is 574 Å². The molecular formula is C77H126O16P2. The Kier molecular flexibility index (Phi) is 65.6. The fourth-order valence-electron chi connectivity index (χ4n) is 8.82. The third-order valence-corrected chi connectivity index (χ3v) is 16.1. The van der Waals surface area contributed by atoms with E-state index in [0.717, 1.165) is 154 Å². The maximum absolute atomic E-state index is 12.9. The van der Waals surface area contributed by atoms with Gasteiger partial charge in [0.2, 0.25) is 0 Å². The van der Waals surface area contributed by atoms with Gasteiger partial charge in [0.15, 0.2) is 6.10 Å². The monoisotopic (exact) mass is 1370 g/mol. The van der Waals surface area contributed by atoms with Crippen molar-refractivity contribution in [3.63, 3.8) is 0 Å². The van der Waals surface area contributed by atoms with Crippen LogP contribution in [-0.2, 0) is 55.8 Å². The van der Waals surface area contributed by atoms with Gasteiger partial charge in [-0.05, 0) is 135 Å². The van der Waals surface area contributed by atoms with Crippen LogP contribution >= 0.6 is 15.6 Å². The highest BCUT2D eigenvalue weighted by Crippen LogP contribution is 2.45. The van der Waals surface area contributed by atoms with Crippen molar-refractivity contribution in [1.82, 2.24) is 0 Å². The van der Waals surface area contributed by atoms with Gasteiger partial charge in [-0.25, -0.2) is 9.13 Å². The van der Waals surface area contributed by atoms with E-state index in [1.165, 1.54) is 32.1 Å². The SMILES string of the molecule is CC/C=C\C/C=C\C/C=C\C/C=C\C/C=C\C/C=C\CCCCCCCCCCCCC(=O)OCC(O)COP(=O)(O)OCC(O)COP(=O)(O)OCC(COC(=O)CCC/C=C\C/C=C\C/C=C\C/C=C\C/C=C\CC)OC(=O)CCCCCCC/C=C\C/C=C\CCC. The Bertz CT molecular complexity index is 2360. The van der Waals surface area contributed by atoms with Gasteiger partial charge < -0.3 is 34.2 Å². The molecule has 95 heavy (non-hydrogen) atoms. The van der Waals surface area contributed by atoms with E-state index in [1.54, 1.807) is 0 Å². The number of phosphoric acid groups is 2. The molecule has 5 unspecified atom stereocenters. The Morgan fingerprint density at radius 2 is 0.568 bits per heavy atom. The van der Waals surface area contributed by atoms with Crippen molar-refractivity contribution >= 4 is 33.6 Å². The summed E-state index contributed by atoms with van der Waals surface area (Å²) < 4.78 is 60.8. The second-order valence-corrected chi connectivity index (χ2v) is 26.2. The summed E-state index contributed by atoms with van der Waals surface area (Å²) in [5.74, 6) is -1.68. The summed E-state index contributed by atoms with van der Waals surface area (Å²) in [6, 6.07) is 0. The van der Waals surface area contributed by atoms with E-state index >= 15 is 0 Å². The topological polar surface area (TPSA) is 231 Å². The molecule has 0 radical (unpaired) electrons. The number of allylic oxidation sites excluding steroid dienone is 26. The Balaban J connectivity index is 4.54. The van der Waals surface area contributed by atoms with Crippen LogP contribution in [0.4, 0.5) is 0 Å². The zero-order valence-corrected chi connectivity index (χ0v) is 60.3. The summed E-state index contributed by atoms with van der Waals surface area (Å²) in [6.07, 6.45) is 84.6. The van der Waals surface area contributed by atoms with Crippen LogP contribution < -0.4 is 0 Å². The fraction of sp³-hybridized carbons (Fsp3) is 0.623. The Morgan fingerprint density at radius 3 is 0.926 bits per heavy atom. The highest BCUT2D eigenvalue weighted by Gasteiger charge is 2.29. The highest BCUT2D eigenvalue weighted by atomic mass is 31.2. The van der Waals surface area contributed by atoms with Gasteiger partial charge in [0.1, 0.15) is 25.4 Å². The van der Waals surface area contributed by atoms with Crippen molar-refractivity contribution in [1.29, 1.82) is 0 Å². The summed E-state index contributed by atoms with van der Waals surface area (Å²) in [4.78, 5) is 58.4. The molecule has 0 aliphatic heterocycles. The molecule has 0 saturated heterocycles. The van der Waals surface area contributed by atoms with E-state index in [-0.39, 0.29) is 19.3 Å². The number of unbranched alkanes of at least 4 members (excludes halogenated alkanes) is 17. The van der Waals surface area contributed by atoms with Crippen LogP contribution in [-0.4, -0.2) is 95.9 Å². The van der Waals surface area contributed by atoms with E-state index in [9.17, 15) is 43.5 Å². The third-order valence-electron chi connectivity index (χ3n) is 14.2. The van der Waals surface area contributed by atoms with Crippen LogP contribution in [0.25, 0.3) is 0 Å². The maximum atomic E-state index is 12.9. The maximum Gasteiger partial charge on any atom is 0.472 e.